The van der Waals surface area contributed by atoms with Gasteiger partial charge in [-0.15, -0.1) is 0 Å². The quantitative estimate of drug-likeness (QED) is 0.604. The van der Waals surface area contributed by atoms with E-state index in [2.05, 4.69) is 0 Å². The van der Waals surface area contributed by atoms with Crippen molar-refractivity contribution in [1.82, 2.24) is 4.90 Å². The van der Waals surface area contributed by atoms with Gasteiger partial charge in [0.05, 0.1) is 9.95 Å². The summed E-state index contributed by atoms with van der Waals surface area (Å²) < 4.78 is 0. The average molecular weight is 319 g/mol. The Hall–Kier alpha value is -1.33. The van der Waals surface area contributed by atoms with E-state index in [-0.39, 0.29) is 33.2 Å². The molecule has 0 unspecified atom stereocenters. The Balaban J connectivity index is 3.25. The number of amides is 1. The minimum absolute atomic E-state index is 0.00374. The number of nitro groups is 1. The maximum atomic E-state index is 12.4. The third kappa shape index (κ3) is 3.61. The van der Waals surface area contributed by atoms with Crippen LogP contribution in [0, 0.1) is 10.1 Å². The number of carbonyl (C=O) groups is 1. The van der Waals surface area contributed by atoms with Crippen LogP contribution in [0.15, 0.2) is 12.1 Å². The molecule has 0 N–H and O–H groups in total. The molecule has 0 saturated heterocycles. The van der Waals surface area contributed by atoms with E-state index in [0.717, 1.165) is 6.42 Å². The lowest BCUT2D eigenvalue weighted by Gasteiger charge is -2.26. The van der Waals surface area contributed by atoms with Gasteiger partial charge in [-0.2, -0.15) is 0 Å². The standard InChI is InChI=1S/C13H16Cl2N2O3/c1-4-5-16(8(2)3)13(18)9-6-10(14)12(15)11(7-9)17(19)20/h6-8H,4-5H2,1-3H3. The number of carbonyl (C=O) groups excluding carboxylic acids is 1. The van der Waals surface area contributed by atoms with Gasteiger partial charge < -0.3 is 4.90 Å². The molecule has 0 spiro atoms. The minimum atomic E-state index is -0.648. The monoisotopic (exact) mass is 318 g/mol. The normalized spacial score (nSPS) is 10.7. The molecule has 0 aromatic heterocycles. The van der Waals surface area contributed by atoms with Crippen molar-refractivity contribution < 1.29 is 9.72 Å². The number of hydrogen-bond acceptors (Lipinski definition) is 3. The molecule has 0 aliphatic rings. The van der Waals surface area contributed by atoms with Crippen LogP contribution in [0.5, 0.6) is 0 Å². The Morgan fingerprint density at radius 1 is 1.40 bits per heavy atom. The van der Waals surface area contributed by atoms with Crippen LogP contribution in [0.1, 0.15) is 37.6 Å². The first kappa shape index (κ1) is 16.7. The Morgan fingerprint density at radius 3 is 2.45 bits per heavy atom. The average Bonchev–Trinajstić information content (AvgIpc) is 2.37. The highest BCUT2D eigenvalue weighted by molar-refractivity contribution is 6.43. The zero-order chi connectivity index (χ0) is 15.4. The third-order valence-corrected chi connectivity index (χ3v) is 3.59. The predicted octanol–water partition coefficient (Wildman–Crippen LogP) is 4.16. The maximum absolute atomic E-state index is 12.4. The highest BCUT2D eigenvalue weighted by atomic mass is 35.5. The molecule has 7 heteroatoms. The van der Waals surface area contributed by atoms with Gasteiger partial charge in [0.2, 0.25) is 0 Å². The summed E-state index contributed by atoms with van der Waals surface area (Å²) in [6.45, 7) is 6.31. The fourth-order valence-corrected chi connectivity index (χ4v) is 2.22. The Morgan fingerprint density at radius 2 is 2.00 bits per heavy atom. The largest absolute Gasteiger partial charge is 0.336 e. The van der Waals surface area contributed by atoms with Crippen LogP contribution in [0.4, 0.5) is 5.69 Å². The van der Waals surface area contributed by atoms with E-state index in [0.29, 0.717) is 6.54 Å². The van der Waals surface area contributed by atoms with Crippen molar-refractivity contribution in [3.8, 4) is 0 Å². The lowest BCUT2D eigenvalue weighted by molar-refractivity contribution is -0.384. The molecule has 1 aromatic rings. The van der Waals surface area contributed by atoms with Crippen molar-refractivity contribution in [2.75, 3.05) is 6.54 Å². The zero-order valence-electron chi connectivity index (χ0n) is 11.5. The molecule has 110 valence electrons. The van der Waals surface area contributed by atoms with Crippen molar-refractivity contribution in [2.45, 2.75) is 33.2 Å². The number of nitro benzene ring substituents is 1. The Labute approximate surface area is 127 Å². The van der Waals surface area contributed by atoms with Crippen molar-refractivity contribution >= 4 is 34.8 Å². The summed E-state index contributed by atoms with van der Waals surface area (Å²) in [5, 5.41) is 10.8. The van der Waals surface area contributed by atoms with E-state index in [1.807, 2.05) is 20.8 Å². The van der Waals surface area contributed by atoms with Crippen LogP contribution >= 0.6 is 23.2 Å². The van der Waals surface area contributed by atoms with Gasteiger partial charge in [0, 0.05) is 24.2 Å². The van der Waals surface area contributed by atoms with Gasteiger partial charge in [-0.25, -0.2) is 0 Å². The highest BCUT2D eigenvalue weighted by Crippen LogP contribution is 2.33. The summed E-state index contributed by atoms with van der Waals surface area (Å²) in [6.07, 6.45) is 0.799. The molecule has 1 rings (SSSR count). The Kier molecular flexibility index (Phi) is 5.77. The van der Waals surface area contributed by atoms with Crippen molar-refractivity contribution in [2.24, 2.45) is 0 Å². The fraction of sp³-hybridized carbons (Fsp3) is 0.462. The van der Waals surface area contributed by atoms with Gasteiger partial charge in [0.25, 0.3) is 11.6 Å². The molecule has 0 heterocycles. The number of hydrogen-bond donors (Lipinski definition) is 0. The second-order valence-corrected chi connectivity index (χ2v) is 5.43. The van der Waals surface area contributed by atoms with Gasteiger partial charge >= 0.3 is 0 Å². The second-order valence-electron chi connectivity index (χ2n) is 4.64. The first-order chi connectivity index (χ1) is 9.29. The van der Waals surface area contributed by atoms with Gasteiger partial charge in [-0.05, 0) is 26.3 Å². The number of benzene rings is 1. The number of rotatable bonds is 5. The maximum Gasteiger partial charge on any atom is 0.290 e. The highest BCUT2D eigenvalue weighted by Gasteiger charge is 2.24. The lowest BCUT2D eigenvalue weighted by Crippen LogP contribution is -2.37. The summed E-state index contributed by atoms with van der Waals surface area (Å²) in [6, 6.07) is 2.53. The van der Waals surface area contributed by atoms with Crippen molar-refractivity contribution in [3.05, 3.63) is 37.9 Å². The van der Waals surface area contributed by atoms with Gasteiger partial charge in [0.1, 0.15) is 5.02 Å². The van der Waals surface area contributed by atoms with Crippen molar-refractivity contribution in [1.29, 1.82) is 0 Å². The van der Waals surface area contributed by atoms with Crippen LogP contribution in [0.2, 0.25) is 10.0 Å². The third-order valence-electron chi connectivity index (χ3n) is 2.80. The number of halogens is 2. The summed E-state index contributed by atoms with van der Waals surface area (Å²) in [7, 11) is 0. The lowest BCUT2D eigenvalue weighted by atomic mass is 10.1. The molecule has 0 bridgehead atoms. The summed E-state index contributed by atoms with van der Waals surface area (Å²) in [5.41, 5.74) is -0.184. The zero-order valence-corrected chi connectivity index (χ0v) is 13.0. The molecule has 0 aliphatic heterocycles. The van der Waals surface area contributed by atoms with E-state index < -0.39 is 4.92 Å². The van der Waals surface area contributed by atoms with E-state index >= 15 is 0 Å². The molecule has 0 aliphatic carbocycles. The topological polar surface area (TPSA) is 63.5 Å². The first-order valence-electron chi connectivity index (χ1n) is 6.24. The van der Waals surface area contributed by atoms with E-state index in [4.69, 9.17) is 23.2 Å². The Bertz CT molecular complexity index is 533. The van der Waals surface area contributed by atoms with Crippen molar-refractivity contribution in [3.63, 3.8) is 0 Å². The van der Waals surface area contributed by atoms with Crippen LogP contribution in [0.3, 0.4) is 0 Å². The molecule has 20 heavy (non-hydrogen) atoms. The molecule has 0 atom stereocenters. The fourth-order valence-electron chi connectivity index (χ4n) is 1.83. The van der Waals surface area contributed by atoms with Crippen LogP contribution in [0.25, 0.3) is 0 Å². The molecule has 0 radical (unpaired) electrons. The molecule has 0 saturated carbocycles. The number of nitrogens with zero attached hydrogens (tertiary/aromatic N) is 2. The van der Waals surface area contributed by atoms with Gasteiger partial charge in [-0.1, -0.05) is 30.1 Å². The van der Waals surface area contributed by atoms with Gasteiger partial charge in [-0.3, -0.25) is 14.9 Å². The van der Waals surface area contributed by atoms with E-state index in [1.54, 1.807) is 4.90 Å². The second kappa shape index (κ2) is 6.90. The molecule has 5 nitrogen and oxygen atoms in total. The predicted molar refractivity (Wildman–Crippen MR) is 79.6 cm³/mol. The smallest absolute Gasteiger partial charge is 0.290 e. The van der Waals surface area contributed by atoms with Crippen LogP contribution in [-0.2, 0) is 0 Å². The minimum Gasteiger partial charge on any atom is -0.336 e. The summed E-state index contributed by atoms with van der Waals surface area (Å²) >= 11 is 11.6. The summed E-state index contributed by atoms with van der Waals surface area (Å²) in [4.78, 5) is 24.3. The molecular weight excluding hydrogens is 303 g/mol. The molecule has 0 fully saturated rings. The molecular formula is C13H16Cl2N2O3. The SMILES string of the molecule is CCCN(C(=O)c1cc(Cl)c(Cl)c([N+](=O)[O-])c1)C(C)C. The van der Waals surface area contributed by atoms with Gasteiger partial charge in [0.15, 0.2) is 0 Å². The van der Waals surface area contributed by atoms with E-state index in [9.17, 15) is 14.9 Å². The first-order valence-corrected chi connectivity index (χ1v) is 6.99. The van der Waals surface area contributed by atoms with E-state index in [1.165, 1.54) is 12.1 Å². The summed E-state index contributed by atoms with van der Waals surface area (Å²) in [5.74, 6) is -0.288. The molecule has 1 amide bonds. The van der Waals surface area contributed by atoms with Crippen LogP contribution in [-0.4, -0.2) is 28.3 Å². The molecule has 1 aromatic carbocycles. The van der Waals surface area contributed by atoms with Crippen LogP contribution < -0.4 is 0 Å².